The average molecular weight is 999 g/mol. The Morgan fingerprint density at radius 3 is 0.859 bits per heavy atom. The van der Waals surface area contributed by atoms with Gasteiger partial charge in [0.05, 0.1) is 18.8 Å². The number of allylic oxidation sites excluding steroid dienone is 6. The van der Waals surface area contributed by atoms with E-state index in [9.17, 15) is 20.1 Å². The molecule has 0 aromatic rings. The molecule has 3 unspecified atom stereocenters. The zero-order valence-corrected chi connectivity index (χ0v) is 48.1. The molecule has 0 aromatic heterocycles. The van der Waals surface area contributed by atoms with Crippen molar-refractivity contribution in [1.29, 1.82) is 0 Å². The summed E-state index contributed by atoms with van der Waals surface area (Å²) in [6, 6.07) is -0.832. The fourth-order valence-electron chi connectivity index (χ4n) is 10.2. The van der Waals surface area contributed by atoms with Gasteiger partial charge in [0, 0.05) is 6.42 Å². The molecule has 0 bridgehead atoms. The lowest BCUT2D eigenvalue weighted by Crippen LogP contribution is -2.50. The van der Waals surface area contributed by atoms with E-state index in [0.29, 0.717) is 12.8 Å². The first-order chi connectivity index (χ1) is 35.1. The van der Waals surface area contributed by atoms with Crippen molar-refractivity contribution in [2.45, 2.75) is 372 Å². The van der Waals surface area contributed by atoms with Gasteiger partial charge in [-0.1, -0.05) is 307 Å². The Morgan fingerprint density at radius 2 is 0.577 bits per heavy atom. The van der Waals surface area contributed by atoms with Crippen LogP contribution in [0.1, 0.15) is 354 Å². The standard InChI is InChI=1S/C66H127NO4/c1-3-5-7-9-11-13-15-17-19-21-23-24-25-26-27-28-29-30-31-32-33-34-35-36-37-38-39-40-41-42-43-45-47-49-51-53-55-57-59-61-65(70)67-63(62-68)66(71)64(69)60-58-56-54-52-50-48-46-44-22-20-18-16-14-12-10-8-6-4-2/h32-33,44,46,52,54,63-64,66,68-69,71H,3-31,34-43,45,47-51,53,55-62H2,1-2H3,(H,67,70)/b33-32-,46-44+,54-52+. The number of hydrogen-bond acceptors (Lipinski definition) is 4. The Kier molecular flexibility index (Phi) is 59.9. The third-order valence-corrected chi connectivity index (χ3v) is 15.2. The van der Waals surface area contributed by atoms with Crippen molar-refractivity contribution < 1.29 is 20.1 Å². The first kappa shape index (κ1) is 69.6. The van der Waals surface area contributed by atoms with Crippen molar-refractivity contribution in [3.8, 4) is 0 Å². The van der Waals surface area contributed by atoms with Gasteiger partial charge in [-0.2, -0.15) is 0 Å². The summed E-state index contributed by atoms with van der Waals surface area (Å²) in [5, 5.41) is 33.8. The summed E-state index contributed by atoms with van der Waals surface area (Å²) in [7, 11) is 0. The van der Waals surface area contributed by atoms with E-state index in [4.69, 9.17) is 0 Å². The highest BCUT2D eigenvalue weighted by Crippen LogP contribution is 2.18. The second-order valence-electron chi connectivity index (χ2n) is 22.3. The molecule has 4 N–H and O–H groups in total. The number of aliphatic hydroxyl groups excluding tert-OH is 3. The number of carbonyl (C=O) groups excluding carboxylic acids is 1. The van der Waals surface area contributed by atoms with Gasteiger partial charge in [-0.15, -0.1) is 0 Å². The lowest BCUT2D eigenvalue weighted by molar-refractivity contribution is -0.124. The van der Waals surface area contributed by atoms with Gasteiger partial charge in [-0.25, -0.2) is 0 Å². The molecule has 71 heavy (non-hydrogen) atoms. The van der Waals surface area contributed by atoms with Gasteiger partial charge < -0.3 is 20.6 Å². The molecule has 5 heteroatoms. The molecular weight excluding hydrogens is 871 g/mol. The van der Waals surface area contributed by atoms with Crippen LogP contribution < -0.4 is 5.32 Å². The summed E-state index contributed by atoms with van der Waals surface area (Å²) < 4.78 is 0. The maximum atomic E-state index is 12.5. The van der Waals surface area contributed by atoms with Gasteiger partial charge in [0.25, 0.3) is 0 Å². The number of aliphatic hydroxyl groups is 3. The summed E-state index contributed by atoms with van der Waals surface area (Å²) in [6.07, 6.45) is 80.7. The molecule has 0 spiro atoms. The SMILES string of the molecule is CCCCCCCCCCC/C=C/CC/C=C/CCCC(O)C(O)C(CO)NC(=O)CCCCCCCCCCCCCCCCCCC/C=C\CCCCCCCCCCCCCCCCCCCC. The summed E-state index contributed by atoms with van der Waals surface area (Å²) in [5.74, 6) is -0.153. The summed E-state index contributed by atoms with van der Waals surface area (Å²) in [4.78, 5) is 12.5. The van der Waals surface area contributed by atoms with Gasteiger partial charge in [0.15, 0.2) is 0 Å². The van der Waals surface area contributed by atoms with E-state index < -0.39 is 18.2 Å². The largest absolute Gasteiger partial charge is 0.394 e. The Hall–Kier alpha value is -1.43. The molecule has 0 rings (SSSR count). The van der Waals surface area contributed by atoms with Crippen LogP contribution in [0.5, 0.6) is 0 Å². The molecule has 5 nitrogen and oxygen atoms in total. The predicted octanol–water partition coefficient (Wildman–Crippen LogP) is 20.6. The van der Waals surface area contributed by atoms with Crippen molar-refractivity contribution in [3.05, 3.63) is 36.5 Å². The van der Waals surface area contributed by atoms with E-state index in [2.05, 4.69) is 55.6 Å². The molecular formula is C66H127NO4. The van der Waals surface area contributed by atoms with Crippen LogP contribution in [0.4, 0.5) is 0 Å². The maximum Gasteiger partial charge on any atom is 0.220 e. The van der Waals surface area contributed by atoms with Crippen molar-refractivity contribution >= 4 is 5.91 Å². The molecule has 0 aliphatic carbocycles. The molecule has 0 heterocycles. The molecule has 1 amide bonds. The Balaban J connectivity index is 3.47. The zero-order chi connectivity index (χ0) is 51.4. The fraction of sp³-hybridized carbons (Fsp3) is 0.894. The maximum absolute atomic E-state index is 12.5. The Bertz CT molecular complexity index is 1100. The van der Waals surface area contributed by atoms with E-state index in [-0.39, 0.29) is 12.5 Å². The minimum absolute atomic E-state index is 0.153. The number of nitrogens with one attached hydrogen (secondary N) is 1. The summed E-state index contributed by atoms with van der Waals surface area (Å²) >= 11 is 0. The highest BCUT2D eigenvalue weighted by atomic mass is 16.3. The monoisotopic (exact) mass is 998 g/mol. The Labute approximate surface area is 444 Å². The topological polar surface area (TPSA) is 89.8 Å². The minimum Gasteiger partial charge on any atom is -0.394 e. The van der Waals surface area contributed by atoms with Crippen LogP contribution in [0, 0.1) is 0 Å². The van der Waals surface area contributed by atoms with Crippen molar-refractivity contribution in [2.24, 2.45) is 0 Å². The number of unbranched alkanes of at least 4 members (excludes halogenated alkanes) is 46. The smallest absolute Gasteiger partial charge is 0.220 e. The van der Waals surface area contributed by atoms with Gasteiger partial charge in [0.1, 0.15) is 6.10 Å². The molecule has 0 saturated carbocycles. The van der Waals surface area contributed by atoms with Crippen LogP contribution >= 0.6 is 0 Å². The number of amides is 1. The van der Waals surface area contributed by atoms with Crippen molar-refractivity contribution in [2.75, 3.05) is 6.61 Å². The molecule has 0 aliphatic heterocycles. The highest BCUT2D eigenvalue weighted by Gasteiger charge is 2.26. The van der Waals surface area contributed by atoms with E-state index >= 15 is 0 Å². The van der Waals surface area contributed by atoms with E-state index in [1.165, 1.54) is 283 Å². The van der Waals surface area contributed by atoms with E-state index in [1.54, 1.807) is 0 Å². The molecule has 3 atom stereocenters. The van der Waals surface area contributed by atoms with Crippen LogP contribution in [0.2, 0.25) is 0 Å². The third kappa shape index (κ3) is 56.1. The van der Waals surface area contributed by atoms with Crippen LogP contribution in [0.15, 0.2) is 36.5 Å². The van der Waals surface area contributed by atoms with Crippen molar-refractivity contribution in [1.82, 2.24) is 5.32 Å². The number of hydrogen-bond donors (Lipinski definition) is 4. The molecule has 0 radical (unpaired) electrons. The lowest BCUT2D eigenvalue weighted by atomic mass is 10.0. The zero-order valence-electron chi connectivity index (χ0n) is 48.1. The molecule has 0 fully saturated rings. The van der Waals surface area contributed by atoms with E-state index in [1.807, 2.05) is 0 Å². The molecule has 420 valence electrons. The number of carbonyl (C=O) groups is 1. The lowest BCUT2D eigenvalue weighted by Gasteiger charge is -2.26. The Morgan fingerprint density at radius 1 is 0.338 bits per heavy atom. The normalized spacial score (nSPS) is 13.4. The second-order valence-corrected chi connectivity index (χ2v) is 22.3. The predicted molar refractivity (Wildman–Crippen MR) is 314 cm³/mol. The van der Waals surface area contributed by atoms with Crippen LogP contribution in [0.3, 0.4) is 0 Å². The fourth-order valence-corrected chi connectivity index (χ4v) is 10.2. The average Bonchev–Trinajstić information content (AvgIpc) is 3.37. The minimum atomic E-state index is -1.17. The summed E-state index contributed by atoms with van der Waals surface area (Å²) in [6.45, 7) is 4.20. The summed E-state index contributed by atoms with van der Waals surface area (Å²) in [5.41, 5.74) is 0. The quantitative estimate of drug-likeness (QED) is 0.0361. The second kappa shape index (κ2) is 61.1. The van der Waals surface area contributed by atoms with Gasteiger partial charge in [-0.3, -0.25) is 4.79 Å². The van der Waals surface area contributed by atoms with Crippen molar-refractivity contribution in [3.63, 3.8) is 0 Å². The van der Waals surface area contributed by atoms with E-state index in [0.717, 1.165) is 44.9 Å². The third-order valence-electron chi connectivity index (χ3n) is 15.2. The van der Waals surface area contributed by atoms with Crippen LogP contribution in [0.25, 0.3) is 0 Å². The highest BCUT2D eigenvalue weighted by molar-refractivity contribution is 5.76. The van der Waals surface area contributed by atoms with Gasteiger partial charge in [0.2, 0.25) is 5.91 Å². The molecule has 0 aromatic carbocycles. The van der Waals surface area contributed by atoms with Crippen LogP contribution in [-0.4, -0.2) is 46.1 Å². The van der Waals surface area contributed by atoms with Gasteiger partial charge >= 0.3 is 0 Å². The number of rotatable bonds is 60. The van der Waals surface area contributed by atoms with Gasteiger partial charge in [-0.05, 0) is 77.0 Å². The van der Waals surface area contributed by atoms with Crippen LogP contribution in [-0.2, 0) is 4.79 Å². The molecule has 0 aliphatic rings. The first-order valence-electron chi connectivity index (χ1n) is 32.3. The first-order valence-corrected chi connectivity index (χ1v) is 32.3. The molecule has 0 saturated heterocycles.